The van der Waals surface area contributed by atoms with Crippen molar-refractivity contribution in [2.24, 2.45) is 0 Å². The fourth-order valence-corrected chi connectivity index (χ4v) is 2.62. The number of pyridine rings is 1. The lowest BCUT2D eigenvalue weighted by atomic mass is 10.0. The lowest BCUT2D eigenvalue weighted by molar-refractivity contribution is 0.0663. The van der Waals surface area contributed by atoms with Crippen molar-refractivity contribution in [2.75, 3.05) is 33.2 Å². The highest BCUT2D eigenvalue weighted by Crippen LogP contribution is 2.24. The normalized spacial score (nSPS) is 15.7. The van der Waals surface area contributed by atoms with E-state index in [4.69, 9.17) is 0 Å². The minimum absolute atomic E-state index is 0.102. The Hall–Kier alpha value is -2.34. The molecule has 120 valence electrons. The molecule has 23 heavy (non-hydrogen) atoms. The van der Waals surface area contributed by atoms with Gasteiger partial charge in [-0.15, -0.1) is 0 Å². The summed E-state index contributed by atoms with van der Waals surface area (Å²) in [4.78, 5) is 20.5. The van der Waals surface area contributed by atoms with Gasteiger partial charge < -0.3 is 9.80 Å². The number of amides is 1. The first-order valence-corrected chi connectivity index (χ1v) is 7.43. The van der Waals surface area contributed by atoms with E-state index in [-0.39, 0.29) is 11.5 Å². The van der Waals surface area contributed by atoms with Crippen LogP contribution in [0, 0.1) is 11.6 Å². The van der Waals surface area contributed by atoms with E-state index in [9.17, 15) is 13.6 Å². The average Bonchev–Trinajstić information content (AvgIpc) is 2.57. The molecule has 0 bridgehead atoms. The molecule has 2 aromatic rings. The predicted octanol–water partition coefficient (Wildman–Crippen LogP) is 2.41. The number of hydrogen-bond donors (Lipinski definition) is 0. The standard InChI is InChI=1S/C17H17F2N3O/c1-21-5-7-22(8-6-21)17(23)13-9-12(10-20-11-13)14-3-2-4-15(18)16(14)19/h2-4,9-11H,5-8H2,1H3. The Morgan fingerprint density at radius 3 is 2.61 bits per heavy atom. The molecule has 1 amide bonds. The van der Waals surface area contributed by atoms with E-state index in [0.717, 1.165) is 19.2 Å². The molecule has 0 radical (unpaired) electrons. The van der Waals surface area contributed by atoms with Crippen LogP contribution in [-0.2, 0) is 0 Å². The second-order valence-electron chi connectivity index (χ2n) is 5.66. The largest absolute Gasteiger partial charge is 0.336 e. The summed E-state index contributed by atoms with van der Waals surface area (Å²) in [6.07, 6.45) is 2.89. The van der Waals surface area contributed by atoms with Gasteiger partial charge in [-0.1, -0.05) is 12.1 Å². The van der Waals surface area contributed by atoms with Crippen LogP contribution in [0.4, 0.5) is 8.78 Å². The van der Waals surface area contributed by atoms with Crippen LogP contribution in [0.5, 0.6) is 0 Å². The summed E-state index contributed by atoms with van der Waals surface area (Å²) in [5.41, 5.74) is 0.878. The van der Waals surface area contributed by atoms with Crippen molar-refractivity contribution in [3.8, 4) is 11.1 Å². The summed E-state index contributed by atoms with van der Waals surface area (Å²) in [5, 5.41) is 0. The maximum atomic E-state index is 13.9. The highest BCUT2D eigenvalue weighted by molar-refractivity contribution is 5.95. The van der Waals surface area contributed by atoms with Crippen molar-refractivity contribution in [3.63, 3.8) is 0 Å². The molecule has 4 nitrogen and oxygen atoms in total. The number of carbonyl (C=O) groups is 1. The molecule has 1 aliphatic heterocycles. The predicted molar refractivity (Wildman–Crippen MR) is 83.0 cm³/mol. The Morgan fingerprint density at radius 2 is 1.87 bits per heavy atom. The first-order chi connectivity index (χ1) is 11.1. The third-order valence-electron chi connectivity index (χ3n) is 4.04. The zero-order valence-corrected chi connectivity index (χ0v) is 12.8. The van der Waals surface area contributed by atoms with Crippen molar-refractivity contribution >= 4 is 5.91 Å². The molecule has 0 saturated carbocycles. The van der Waals surface area contributed by atoms with E-state index in [0.29, 0.717) is 24.2 Å². The lowest BCUT2D eigenvalue weighted by Crippen LogP contribution is -2.47. The molecule has 1 saturated heterocycles. The van der Waals surface area contributed by atoms with Gasteiger partial charge in [-0.05, 0) is 19.2 Å². The summed E-state index contributed by atoms with van der Waals surface area (Å²) in [6.45, 7) is 2.93. The van der Waals surface area contributed by atoms with E-state index in [1.165, 1.54) is 24.5 Å². The molecule has 1 fully saturated rings. The van der Waals surface area contributed by atoms with Gasteiger partial charge in [-0.25, -0.2) is 8.78 Å². The van der Waals surface area contributed by atoms with Crippen LogP contribution >= 0.6 is 0 Å². The molecule has 1 aromatic heterocycles. The van der Waals surface area contributed by atoms with Crippen LogP contribution in [-0.4, -0.2) is 53.9 Å². The maximum absolute atomic E-state index is 13.9. The van der Waals surface area contributed by atoms with Crippen LogP contribution in [0.2, 0.25) is 0 Å². The van der Waals surface area contributed by atoms with Gasteiger partial charge in [0.15, 0.2) is 11.6 Å². The molecule has 6 heteroatoms. The third-order valence-corrected chi connectivity index (χ3v) is 4.04. The number of likely N-dealkylation sites (N-methyl/N-ethyl adjacent to an activating group) is 1. The summed E-state index contributed by atoms with van der Waals surface area (Å²) >= 11 is 0. The molecule has 0 aliphatic carbocycles. The van der Waals surface area contributed by atoms with Gasteiger partial charge >= 0.3 is 0 Å². The van der Waals surface area contributed by atoms with Gasteiger partial charge in [0.1, 0.15) is 0 Å². The average molecular weight is 317 g/mol. The lowest BCUT2D eigenvalue weighted by Gasteiger charge is -2.32. The minimum atomic E-state index is -0.932. The second kappa shape index (κ2) is 6.42. The summed E-state index contributed by atoms with van der Waals surface area (Å²) in [6, 6.07) is 5.53. The second-order valence-corrected chi connectivity index (χ2v) is 5.66. The highest BCUT2D eigenvalue weighted by Gasteiger charge is 2.21. The molecule has 1 aromatic carbocycles. The number of rotatable bonds is 2. The zero-order valence-electron chi connectivity index (χ0n) is 12.8. The molecule has 0 unspecified atom stereocenters. The van der Waals surface area contributed by atoms with E-state index in [1.807, 2.05) is 7.05 Å². The highest BCUT2D eigenvalue weighted by atomic mass is 19.2. The number of benzene rings is 1. The number of piperazine rings is 1. The smallest absolute Gasteiger partial charge is 0.255 e. The van der Waals surface area contributed by atoms with Crippen LogP contribution in [0.15, 0.2) is 36.7 Å². The number of aromatic nitrogens is 1. The van der Waals surface area contributed by atoms with Gasteiger partial charge in [-0.2, -0.15) is 0 Å². The van der Waals surface area contributed by atoms with Gasteiger partial charge in [0.25, 0.3) is 5.91 Å². The molecule has 0 atom stereocenters. The van der Waals surface area contributed by atoms with Crippen LogP contribution in [0.1, 0.15) is 10.4 Å². The van der Waals surface area contributed by atoms with Crippen molar-refractivity contribution in [1.29, 1.82) is 0 Å². The number of carbonyl (C=O) groups excluding carboxylic acids is 1. The summed E-state index contributed by atoms with van der Waals surface area (Å²) in [7, 11) is 2.01. The Bertz CT molecular complexity index is 728. The fraction of sp³-hybridized carbons (Fsp3) is 0.294. The van der Waals surface area contributed by atoms with Crippen molar-refractivity contribution in [1.82, 2.24) is 14.8 Å². The number of nitrogens with zero attached hydrogens (tertiary/aromatic N) is 3. The molecule has 2 heterocycles. The van der Waals surface area contributed by atoms with Crippen molar-refractivity contribution in [2.45, 2.75) is 0 Å². The summed E-state index contributed by atoms with van der Waals surface area (Å²) in [5.74, 6) is -1.99. The first kappa shape index (κ1) is 15.6. The van der Waals surface area contributed by atoms with E-state index >= 15 is 0 Å². The third kappa shape index (κ3) is 3.22. The van der Waals surface area contributed by atoms with Gasteiger partial charge in [-0.3, -0.25) is 9.78 Å². The molecule has 1 aliphatic rings. The molecular weight excluding hydrogens is 300 g/mol. The topological polar surface area (TPSA) is 36.4 Å². The maximum Gasteiger partial charge on any atom is 0.255 e. The van der Waals surface area contributed by atoms with Gasteiger partial charge in [0.2, 0.25) is 0 Å². The Kier molecular flexibility index (Phi) is 4.34. The van der Waals surface area contributed by atoms with Crippen molar-refractivity contribution in [3.05, 3.63) is 53.9 Å². The zero-order chi connectivity index (χ0) is 16.4. The van der Waals surface area contributed by atoms with E-state index in [1.54, 1.807) is 11.0 Å². The van der Waals surface area contributed by atoms with E-state index < -0.39 is 11.6 Å². The van der Waals surface area contributed by atoms with Gasteiger partial charge in [0, 0.05) is 49.7 Å². The quantitative estimate of drug-likeness (QED) is 0.853. The first-order valence-electron chi connectivity index (χ1n) is 7.43. The minimum Gasteiger partial charge on any atom is -0.336 e. The van der Waals surface area contributed by atoms with Crippen LogP contribution in [0.3, 0.4) is 0 Å². The van der Waals surface area contributed by atoms with Crippen LogP contribution in [0.25, 0.3) is 11.1 Å². The summed E-state index contributed by atoms with van der Waals surface area (Å²) < 4.78 is 27.3. The monoisotopic (exact) mass is 317 g/mol. The van der Waals surface area contributed by atoms with E-state index in [2.05, 4.69) is 9.88 Å². The number of halogens is 2. The molecular formula is C17H17F2N3O. The van der Waals surface area contributed by atoms with Crippen molar-refractivity contribution < 1.29 is 13.6 Å². The Labute approximate surface area is 133 Å². The molecule has 0 spiro atoms. The SMILES string of the molecule is CN1CCN(C(=O)c2cncc(-c3cccc(F)c3F)c2)CC1. The molecule has 3 rings (SSSR count). The van der Waals surface area contributed by atoms with Gasteiger partial charge in [0.05, 0.1) is 5.56 Å². The van der Waals surface area contributed by atoms with Crippen LogP contribution < -0.4 is 0 Å². The number of hydrogen-bond acceptors (Lipinski definition) is 3. The Morgan fingerprint density at radius 1 is 1.13 bits per heavy atom. The fourth-order valence-electron chi connectivity index (χ4n) is 2.62. The molecule has 0 N–H and O–H groups in total. The Balaban J connectivity index is 1.88.